The molecule has 0 saturated carbocycles. The Bertz CT molecular complexity index is 434. The Morgan fingerprint density at radius 3 is 2.47 bits per heavy atom. The van der Waals surface area contributed by atoms with Gasteiger partial charge in [-0.05, 0) is 38.3 Å². The van der Waals surface area contributed by atoms with Crippen LogP contribution in [0.15, 0.2) is 0 Å². The molecule has 0 unspecified atom stereocenters. The molecule has 0 amide bonds. The van der Waals surface area contributed by atoms with E-state index in [2.05, 4.69) is 4.98 Å². The van der Waals surface area contributed by atoms with Crippen molar-refractivity contribution in [3.05, 3.63) is 22.5 Å². The lowest BCUT2D eigenvalue weighted by Crippen LogP contribution is -2.06. The minimum absolute atomic E-state index is 0.196. The number of ether oxygens (including phenoxy) is 1. The Labute approximate surface area is 99.8 Å². The average Bonchev–Trinajstić information content (AvgIpc) is 2.52. The molecule has 0 aliphatic heterocycles. The summed E-state index contributed by atoms with van der Waals surface area (Å²) in [5.74, 6) is -1.24. The number of carboxylic acids is 1. The van der Waals surface area contributed by atoms with Gasteiger partial charge in [-0.15, -0.1) is 0 Å². The number of carboxylic acid groups (broad SMARTS) is 1. The van der Waals surface area contributed by atoms with Gasteiger partial charge in [0.15, 0.2) is 0 Å². The number of rotatable bonds is 5. The Hall–Kier alpha value is -1.78. The van der Waals surface area contributed by atoms with Crippen LogP contribution in [0.25, 0.3) is 0 Å². The highest BCUT2D eigenvalue weighted by Crippen LogP contribution is 2.19. The van der Waals surface area contributed by atoms with Gasteiger partial charge in [0, 0.05) is 12.1 Å². The Morgan fingerprint density at radius 1 is 1.35 bits per heavy atom. The van der Waals surface area contributed by atoms with Crippen LogP contribution in [0.4, 0.5) is 0 Å². The molecule has 0 aliphatic carbocycles. The number of esters is 1. The molecule has 0 saturated heterocycles. The van der Waals surface area contributed by atoms with E-state index in [1.807, 2.05) is 0 Å². The van der Waals surface area contributed by atoms with Crippen molar-refractivity contribution < 1.29 is 19.4 Å². The quantitative estimate of drug-likeness (QED) is 0.768. The Balaban J connectivity index is 2.78. The molecule has 0 aromatic carbocycles. The van der Waals surface area contributed by atoms with Crippen LogP contribution in [-0.4, -0.2) is 28.6 Å². The average molecular weight is 239 g/mol. The third kappa shape index (κ3) is 3.09. The van der Waals surface area contributed by atoms with Crippen LogP contribution in [-0.2, 0) is 16.0 Å². The molecule has 1 aromatic heterocycles. The Kier molecular flexibility index (Phi) is 4.31. The van der Waals surface area contributed by atoms with E-state index in [0.29, 0.717) is 18.6 Å². The number of H-pyrrole nitrogens is 1. The fraction of sp³-hybridized carbons (Fsp3) is 0.500. The molecule has 0 aliphatic rings. The molecule has 5 heteroatoms. The van der Waals surface area contributed by atoms with Crippen molar-refractivity contribution in [3.8, 4) is 0 Å². The molecule has 1 heterocycles. The second-order valence-corrected chi connectivity index (χ2v) is 3.84. The van der Waals surface area contributed by atoms with Crippen LogP contribution in [0.1, 0.15) is 40.7 Å². The molecule has 0 radical (unpaired) electrons. The van der Waals surface area contributed by atoms with Crippen molar-refractivity contribution in [1.82, 2.24) is 4.98 Å². The lowest BCUT2D eigenvalue weighted by Gasteiger charge is -2.03. The van der Waals surface area contributed by atoms with Crippen molar-refractivity contribution in [2.24, 2.45) is 0 Å². The second kappa shape index (κ2) is 5.52. The van der Waals surface area contributed by atoms with Crippen molar-refractivity contribution in [2.45, 2.75) is 33.6 Å². The van der Waals surface area contributed by atoms with Crippen molar-refractivity contribution >= 4 is 11.9 Å². The minimum atomic E-state index is -0.979. The van der Waals surface area contributed by atoms with E-state index in [1.54, 1.807) is 20.8 Å². The van der Waals surface area contributed by atoms with E-state index in [-0.39, 0.29) is 18.1 Å². The number of hydrogen-bond acceptors (Lipinski definition) is 3. The van der Waals surface area contributed by atoms with E-state index in [1.165, 1.54) is 0 Å². The molecule has 1 aromatic rings. The first-order chi connectivity index (χ1) is 7.97. The third-order valence-corrected chi connectivity index (χ3v) is 2.69. The maximum Gasteiger partial charge on any atom is 0.352 e. The van der Waals surface area contributed by atoms with E-state index < -0.39 is 5.97 Å². The number of aromatic nitrogens is 1. The first-order valence-electron chi connectivity index (χ1n) is 5.54. The maximum absolute atomic E-state index is 11.2. The normalized spacial score (nSPS) is 10.3. The highest BCUT2D eigenvalue weighted by atomic mass is 16.5. The summed E-state index contributed by atoms with van der Waals surface area (Å²) in [7, 11) is 0. The summed E-state index contributed by atoms with van der Waals surface area (Å²) in [4.78, 5) is 25.0. The molecule has 17 heavy (non-hydrogen) atoms. The molecule has 0 spiro atoms. The van der Waals surface area contributed by atoms with E-state index in [0.717, 1.165) is 11.3 Å². The van der Waals surface area contributed by atoms with Gasteiger partial charge in [-0.1, -0.05) is 0 Å². The molecular formula is C12H17NO4. The standard InChI is InChI=1S/C12H17NO4/c1-4-17-10(14)6-5-9-7(2)11(12(15)16)13-8(9)3/h13H,4-6H2,1-3H3,(H,15,16). The van der Waals surface area contributed by atoms with E-state index >= 15 is 0 Å². The maximum atomic E-state index is 11.2. The predicted molar refractivity (Wildman–Crippen MR) is 62.2 cm³/mol. The summed E-state index contributed by atoms with van der Waals surface area (Å²) < 4.78 is 4.83. The van der Waals surface area contributed by atoms with Crippen LogP contribution in [0.2, 0.25) is 0 Å². The van der Waals surface area contributed by atoms with Gasteiger partial charge in [0.05, 0.1) is 6.61 Å². The van der Waals surface area contributed by atoms with Gasteiger partial charge < -0.3 is 14.8 Å². The molecule has 5 nitrogen and oxygen atoms in total. The highest BCUT2D eigenvalue weighted by molar-refractivity contribution is 5.88. The summed E-state index contributed by atoms with van der Waals surface area (Å²) in [6, 6.07) is 0. The topological polar surface area (TPSA) is 79.4 Å². The first kappa shape index (κ1) is 13.3. The van der Waals surface area contributed by atoms with Crippen LogP contribution in [0.3, 0.4) is 0 Å². The summed E-state index contributed by atoms with van der Waals surface area (Å²) in [5.41, 5.74) is 2.57. The summed E-state index contributed by atoms with van der Waals surface area (Å²) in [6.07, 6.45) is 0.771. The molecule has 2 N–H and O–H groups in total. The Morgan fingerprint density at radius 2 is 2.00 bits per heavy atom. The second-order valence-electron chi connectivity index (χ2n) is 3.84. The highest BCUT2D eigenvalue weighted by Gasteiger charge is 2.17. The zero-order valence-corrected chi connectivity index (χ0v) is 10.3. The molecular weight excluding hydrogens is 222 g/mol. The van der Waals surface area contributed by atoms with Gasteiger partial charge in [0.2, 0.25) is 0 Å². The zero-order chi connectivity index (χ0) is 13.0. The number of carbonyl (C=O) groups excluding carboxylic acids is 1. The van der Waals surface area contributed by atoms with Crippen LogP contribution < -0.4 is 0 Å². The smallest absolute Gasteiger partial charge is 0.352 e. The van der Waals surface area contributed by atoms with Crippen molar-refractivity contribution in [3.63, 3.8) is 0 Å². The summed E-state index contributed by atoms with van der Waals surface area (Å²) >= 11 is 0. The third-order valence-electron chi connectivity index (χ3n) is 2.69. The predicted octanol–water partition coefficient (Wildman–Crippen LogP) is 1.83. The molecule has 0 bridgehead atoms. The van der Waals surface area contributed by atoms with Crippen molar-refractivity contribution in [2.75, 3.05) is 6.61 Å². The monoisotopic (exact) mass is 239 g/mol. The summed E-state index contributed by atoms with van der Waals surface area (Å²) in [6.45, 7) is 5.67. The molecule has 0 fully saturated rings. The number of aryl methyl sites for hydroxylation is 1. The number of aromatic carboxylic acids is 1. The SMILES string of the molecule is CCOC(=O)CCc1c(C)[nH]c(C(=O)O)c1C. The van der Waals surface area contributed by atoms with Gasteiger partial charge in [-0.3, -0.25) is 4.79 Å². The molecule has 94 valence electrons. The first-order valence-corrected chi connectivity index (χ1v) is 5.54. The fourth-order valence-corrected chi connectivity index (χ4v) is 1.84. The van der Waals surface area contributed by atoms with Crippen molar-refractivity contribution in [1.29, 1.82) is 0 Å². The number of carbonyl (C=O) groups is 2. The van der Waals surface area contributed by atoms with E-state index in [4.69, 9.17) is 9.84 Å². The van der Waals surface area contributed by atoms with E-state index in [9.17, 15) is 9.59 Å². The lowest BCUT2D eigenvalue weighted by molar-refractivity contribution is -0.143. The van der Waals surface area contributed by atoms with Gasteiger partial charge in [0.1, 0.15) is 5.69 Å². The van der Waals surface area contributed by atoms with Gasteiger partial charge in [-0.2, -0.15) is 0 Å². The van der Waals surface area contributed by atoms with Gasteiger partial charge >= 0.3 is 11.9 Å². The number of hydrogen-bond donors (Lipinski definition) is 2. The zero-order valence-electron chi connectivity index (χ0n) is 10.3. The molecule has 0 atom stereocenters. The van der Waals surface area contributed by atoms with Crippen LogP contribution in [0.5, 0.6) is 0 Å². The van der Waals surface area contributed by atoms with Crippen LogP contribution >= 0.6 is 0 Å². The van der Waals surface area contributed by atoms with Gasteiger partial charge in [0.25, 0.3) is 0 Å². The summed E-state index contributed by atoms with van der Waals surface area (Å²) in [5, 5.41) is 8.94. The number of nitrogens with one attached hydrogen (secondary N) is 1. The lowest BCUT2D eigenvalue weighted by atomic mass is 10.1. The molecule has 1 rings (SSSR count). The fourth-order valence-electron chi connectivity index (χ4n) is 1.84. The number of aromatic amines is 1. The van der Waals surface area contributed by atoms with Gasteiger partial charge in [-0.25, -0.2) is 4.79 Å². The minimum Gasteiger partial charge on any atom is -0.477 e. The largest absolute Gasteiger partial charge is 0.477 e. The van der Waals surface area contributed by atoms with Crippen LogP contribution in [0, 0.1) is 13.8 Å².